The minimum Gasteiger partial charge on any atom is -0.382 e. The molecule has 0 spiro atoms. The molecule has 1 atom stereocenters. The number of nitrogens with zero attached hydrogens (tertiary/aromatic N) is 3. The topological polar surface area (TPSA) is 68.5 Å². The molecule has 0 fully saturated rings. The predicted molar refractivity (Wildman–Crippen MR) is 111 cm³/mol. The minimum absolute atomic E-state index is 0.305. The van der Waals surface area contributed by atoms with Crippen molar-refractivity contribution in [2.75, 3.05) is 5.32 Å². The van der Waals surface area contributed by atoms with Gasteiger partial charge in [0.1, 0.15) is 5.82 Å². The average Bonchev–Trinajstić information content (AvgIpc) is 3.30. The molecule has 8 heteroatoms. The monoisotopic (exact) mass is 456 g/mol. The molecule has 0 saturated carbocycles. The summed E-state index contributed by atoms with van der Waals surface area (Å²) in [5, 5.41) is 11.2. The Morgan fingerprint density at radius 1 is 1.31 bits per heavy atom. The molecule has 29 heavy (non-hydrogen) atoms. The van der Waals surface area contributed by atoms with E-state index in [0.717, 1.165) is 11.1 Å². The van der Waals surface area contributed by atoms with E-state index in [1.807, 2.05) is 31.3 Å². The fourth-order valence-corrected chi connectivity index (χ4v) is 3.50. The fraction of sp³-hybridized carbons (Fsp3) is 0.190. The van der Waals surface area contributed by atoms with Crippen LogP contribution in [0.25, 0.3) is 0 Å². The van der Waals surface area contributed by atoms with Crippen LogP contribution in [0.4, 0.5) is 10.2 Å². The van der Waals surface area contributed by atoms with E-state index >= 15 is 0 Å². The molecule has 1 aliphatic heterocycles. The molecule has 1 aromatic heterocycles. The van der Waals surface area contributed by atoms with E-state index in [1.165, 1.54) is 17.7 Å². The minimum atomic E-state index is -0.760. The molecule has 3 aromatic rings. The van der Waals surface area contributed by atoms with E-state index in [0.29, 0.717) is 29.0 Å². The highest BCUT2D eigenvalue weighted by atomic mass is 79.9. The summed E-state index contributed by atoms with van der Waals surface area (Å²) in [6, 6.07) is 14.1. The third kappa shape index (κ3) is 4.54. The molecule has 148 valence electrons. The van der Waals surface area contributed by atoms with Gasteiger partial charge in [0.15, 0.2) is 5.82 Å². The molecule has 4 rings (SSSR count). The Kier molecular flexibility index (Phi) is 5.44. The van der Waals surface area contributed by atoms with Crippen LogP contribution in [0.3, 0.4) is 0 Å². The number of halogens is 2. The number of oxime groups is 1. The first-order valence-corrected chi connectivity index (χ1v) is 9.85. The molecule has 1 N–H and O–H groups in total. The van der Waals surface area contributed by atoms with Gasteiger partial charge in [0.25, 0.3) is 5.91 Å². The number of rotatable bonds is 5. The van der Waals surface area contributed by atoms with Crippen LogP contribution >= 0.6 is 15.9 Å². The van der Waals surface area contributed by atoms with E-state index in [2.05, 4.69) is 37.6 Å². The van der Waals surface area contributed by atoms with Gasteiger partial charge >= 0.3 is 0 Å². The zero-order chi connectivity index (χ0) is 20.4. The summed E-state index contributed by atoms with van der Waals surface area (Å²) >= 11 is 3.43. The second kappa shape index (κ2) is 8.16. The average molecular weight is 457 g/mol. The molecule has 1 aliphatic rings. The SMILES string of the molecule is Cc1cccc(Cn2cc(Br)c(NC(=O)C3CC(c4ccc(F)cc4)=NO3)n2)c1. The van der Waals surface area contributed by atoms with Gasteiger partial charge in [-0.2, -0.15) is 5.10 Å². The van der Waals surface area contributed by atoms with Crippen molar-refractivity contribution in [3.05, 3.63) is 81.7 Å². The zero-order valence-corrected chi connectivity index (χ0v) is 17.2. The van der Waals surface area contributed by atoms with Crippen LogP contribution in [0.15, 0.2) is 64.4 Å². The number of anilines is 1. The number of aromatic nitrogens is 2. The number of nitrogens with one attached hydrogen (secondary N) is 1. The summed E-state index contributed by atoms with van der Waals surface area (Å²) in [5.74, 6) is -0.248. The first-order valence-electron chi connectivity index (χ1n) is 9.06. The van der Waals surface area contributed by atoms with Crippen molar-refractivity contribution in [1.82, 2.24) is 9.78 Å². The number of carbonyl (C=O) groups excluding carboxylic acids is 1. The van der Waals surface area contributed by atoms with E-state index in [9.17, 15) is 9.18 Å². The van der Waals surface area contributed by atoms with Crippen molar-refractivity contribution >= 4 is 33.4 Å². The molecule has 0 aliphatic carbocycles. The van der Waals surface area contributed by atoms with E-state index in [-0.39, 0.29) is 11.7 Å². The highest BCUT2D eigenvalue weighted by molar-refractivity contribution is 9.10. The first-order chi connectivity index (χ1) is 14.0. The van der Waals surface area contributed by atoms with E-state index in [1.54, 1.807) is 16.8 Å². The van der Waals surface area contributed by atoms with Crippen LogP contribution in [0.2, 0.25) is 0 Å². The number of hydrogen-bond donors (Lipinski definition) is 1. The Bertz CT molecular complexity index is 1080. The van der Waals surface area contributed by atoms with Crippen molar-refractivity contribution < 1.29 is 14.0 Å². The molecule has 0 bridgehead atoms. The number of hydrogen-bond acceptors (Lipinski definition) is 4. The standard InChI is InChI=1S/C21H18BrFN4O2/c1-13-3-2-4-14(9-13)11-27-12-17(22)20(25-27)24-21(28)19-10-18(26-29-19)15-5-7-16(23)8-6-15/h2-9,12,19H,10-11H2,1H3,(H,24,25,28). The molecule has 1 amide bonds. The number of carbonyl (C=O) groups is 1. The summed E-state index contributed by atoms with van der Waals surface area (Å²) in [5.41, 5.74) is 3.63. The van der Waals surface area contributed by atoms with Gasteiger partial charge in [-0.1, -0.05) is 47.1 Å². The van der Waals surface area contributed by atoms with Crippen LogP contribution in [-0.2, 0) is 16.2 Å². The fourth-order valence-electron chi connectivity index (χ4n) is 3.09. The quantitative estimate of drug-likeness (QED) is 0.622. The molecule has 1 unspecified atom stereocenters. The normalized spacial score (nSPS) is 15.7. The molecule has 0 saturated heterocycles. The maximum atomic E-state index is 13.1. The molecule has 2 aromatic carbocycles. The Morgan fingerprint density at radius 2 is 2.10 bits per heavy atom. The Morgan fingerprint density at radius 3 is 2.86 bits per heavy atom. The lowest BCUT2D eigenvalue weighted by Gasteiger charge is -2.08. The van der Waals surface area contributed by atoms with E-state index in [4.69, 9.17) is 4.84 Å². The van der Waals surface area contributed by atoms with Crippen molar-refractivity contribution in [1.29, 1.82) is 0 Å². The maximum Gasteiger partial charge on any atom is 0.269 e. The summed E-state index contributed by atoms with van der Waals surface area (Å²) in [6.07, 6.45) is 1.36. The van der Waals surface area contributed by atoms with Gasteiger partial charge in [-0.05, 0) is 46.1 Å². The van der Waals surface area contributed by atoms with Gasteiger partial charge in [-0.15, -0.1) is 0 Å². The maximum absolute atomic E-state index is 13.1. The number of aryl methyl sites for hydroxylation is 1. The van der Waals surface area contributed by atoms with Crippen molar-refractivity contribution in [2.45, 2.75) is 26.0 Å². The lowest BCUT2D eigenvalue weighted by atomic mass is 10.0. The van der Waals surface area contributed by atoms with Crippen LogP contribution in [0.1, 0.15) is 23.1 Å². The lowest BCUT2D eigenvalue weighted by molar-refractivity contribution is -0.125. The van der Waals surface area contributed by atoms with Gasteiger partial charge in [0.05, 0.1) is 16.7 Å². The predicted octanol–water partition coefficient (Wildman–Crippen LogP) is 4.27. The third-order valence-corrected chi connectivity index (χ3v) is 5.10. The lowest BCUT2D eigenvalue weighted by Crippen LogP contribution is -2.28. The second-order valence-corrected chi connectivity index (χ2v) is 7.70. The van der Waals surface area contributed by atoms with Crippen molar-refractivity contribution in [3.63, 3.8) is 0 Å². The second-order valence-electron chi connectivity index (χ2n) is 6.84. The van der Waals surface area contributed by atoms with Crippen LogP contribution in [0, 0.1) is 12.7 Å². The van der Waals surface area contributed by atoms with Gasteiger partial charge < -0.3 is 10.2 Å². The first kappa shape index (κ1) is 19.3. The van der Waals surface area contributed by atoms with Crippen molar-refractivity contribution in [2.24, 2.45) is 5.16 Å². The van der Waals surface area contributed by atoms with Gasteiger partial charge in [0.2, 0.25) is 6.10 Å². The summed E-state index contributed by atoms with van der Waals surface area (Å²) in [4.78, 5) is 17.8. The summed E-state index contributed by atoms with van der Waals surface area (Å²) < 4.78 is 15.5. The van der Waals surface area contributed by atoms with E-state index < -0.39 is 6.10 Å². The molecule has 6 nitrogen and oxygen atoms in total. The smallest absolute Gasteiger partial charge is 0.269 e. The van der Waals surface area contributed by atoms with Crippen LogP contribution in [0.5, 0.6) is 0 Å². The van der Waals surface area contributed by atoms with Gasteiger partial charge in [0, 0.05) is 12.6 Å². The largest absolute Gasteiger partial charge is 0.382 e. The highest BCUT2D eigenvalue weighted by Gasteiger charge is 2.29. The summed E-state index contributed by atoms with van der Waals surface area (Å²) in [6.45, 7) is 2.63. The molecular weight excluding hydrogens is 439 g/mol. The van der Waals surface area contributed by atoms with Crippen LogP contribution < -0.4 is 5.32 Å². The van der Waals surface area contributed by atoms with Gasteiger partial charge in [-0.25, -0.2) is 4.39 Å². The summed E-state index contributed by atoms with van der Waals surface area (Å²) in [7, 11) is 0. The Balaban J connectivity index is 1.39. The number of amides is 1. The van der Waals surface area contributed by atoms with Crippen molar-refractivity contribution in [3.8, 4) is 0 Å². The molecule has 2 heterocycles. The number of benzene rings is 2. The molecular formula is C21H18BrFN4O2. The highest BCUT2D eigenvalue weighted by Crippen LogP contribution is 2.23. The third-order valence-electron chi connectivity index (χ3n) is 4.52. The Labute approximate surface area is 175 Å². The molecule has 0 radical (unpaired) electrons. The zero-order valence-electron chi connectivity index (χ0n) is 15.6. The Hall–Kier alpha value is -3.00. The van der Waals surface area contributed by atoms with Gasteiger partial charge in [-0.3, -0.25) is 9.48 Å². The van der Waals surface area contributed by atoms with Crippen LogP contribution in [-0.4, -0.2) is 27.5 Å².